The lowest BCUT2D eigenvalue weighted by molar-refractivity contribution is -0.385. The minimum absolute atomic E-state index is 0.0589. The van der Waals surface area contributed by atoms with Crippen molar-refractivity contribution in [3.8, 4) is 11.5 Å². The van der Waals surface area contributed by atoms with Gasteiger partial charge in [0.2, 0.25) is 0 Å². The van der Waals surface area contributed by atoms with E-state index in [-0.39, 0.29) is 11.3 Å². The van der Waals surface area contributed by atoms with Gasteiger partial charge in [0.15, 0.2) is 11.5 Å². The van der Waals surface area contributed by atoms with Crippen molar-refractivity contribution in [2.24, 2.45) is 5.10 Å². The number of carbonyl (C=O) groups is 1. The molecular formula is C17H17N3O5. The van der Waals surface area contributed by atoms with Crippen molar-refractivity contribution in [1.82, 2.24) is 5.43 Å². The second-order valence-corrected chi connectivity index (χ2v) is 4.98. The summed E-state index contributed by atoms with van der Waals surface area (Å²) < 4.78 is 10.4. The molecule has 2 rings (SSSR count). The van der Waals surface area contributed by atoms with Gasteiger partial charge in [0, 0.05) is 11.6 Å². The molecule has 0 aliphatic carbocycles. The van der Waals surface area contributed by atoms with Crippen LogP contribution >= 0.6 is 0 Å². The first-order chi connectivity index (χ1) is 12.0. The first-order valence-corrected chi connectivity index (χ1v) is 7.28. The lowest BCUT2D eigenvalue weighted by Gasteiger charge is -2.09. The molecule has 0 bridgehead atoms. The summed E-state index contributed by atoms with van der Waals surface area (Å²) in [5, 5.41) is 15.0. The van der Waals surface area contributed by atoms with Crippen LogP contribution < -0.4 is 14.9 Å². The average Bonchev–Trinajstić information content (AvgIpc) is 2.65. The number of amides is 1. The summed E-state index contributed by atoms with van der Waals surface area (Å²) in [6.45, 7) is 1.70. The van der Waals surface area contributed by atoms with E-state index in [1.54, 1.807) is 31.2 Å². The molecule has 0 saturated heterocycles. The van der Waals surface area contributed by atoms with Gasteiger partial charge >= 0.3 is 0 Å². The Bertz CT molecular complexity index is 833. The molecule has 0 unspecified atom stereocenters. The van der Waals surface area contributed by atoms with E-state index in [4.69, 9.17) is 9.47 Å². The normalized spacial score (nSPS) is 10.9. The fraction of sp³-hybridized carbons (Fsp3) is 0.176. The molecule has 1 N–H and O–H groups in total. The van der Waals surface area contributed by atoms with E-state index < -0.39 is 10.8 Å². The zero-order chi connectivity index (χ0) is 18.4. The summed E-state index contributed by atoms with van der Waals surface area (Å²) in [5.74, 6) is 0.440. The summed E-state index contributed by atoms with van der Waals surface area (Å²) >= 11 is 0. The van der Waals surface area contributed by atoms with Crippen LogP contribution in [0, 0.1) is 10.1 Å². The van der Waals surface area contributed by atoms with E-state index in [9.17, 15) is 14.9 Å². The average molecular weight is 343 g/mol. The Balaban J connectivity index is 2.22. The predicted octanol–water partition coefficient (Wildman–Crippen LogP) is 2.77. The zero-order valence-electron chi connectivity index (χ0n) is 14.0. The minimum Gasteiger partial charge on any atom is -0.493 e. The fourth-order valence-corrected chi connectivity index (χ4v) is 2.15. The largest absolute Gasteiger partial charge is 0.493 e. The van der Waals surface area contributed by atoms with Gasteiger partial charge in [0.25, 0.3) is 11.6 Å². The first kappa shape index (κ1) is 17.9. The quantitative estimate of drug-likeness (QED) is 0.493. The van der Waals surface area contributed by atoms with Gasteiger partial charge in [-0.25, -0.2) is 5.43 Å². The number of benzene rings is 2. The maximum Gasteiger partial charge on any atom is 0.282 e. The maximum atomic E-state index is 12.2. The molecule has 0 heterocycles. The molecule has 25 heavy (non-hydrogen) atoms. The summed E-state index contributed by atoms with van der Waals surface area (Å²) in [6, 6.07) is 10.9. The van der Waals surface area contributed by atoms with Crippen LogP contribution in [0.25, 0.3) is 0 Å². The molecule has 0 aromatic heterocycles. The molecule has 1 amide bonds. The van der Waals surface area contributed by atoms with Gasteiger partial charge in [-0.3, -0.25) is 14.9 Å². The van der Waals surface area contributed by atoms with E-state index in [0.717, 1.165) is 0 Å². The maximum absolute atomic E-state index is 12.2. The molecule has 0 aliphatic heterocycles. The highest BCUT2D eigenvalue weighted by molar-refractivity contribution is 6.02. The first-order valence-electron chi connectivity index (χ1n) is 7.28. The Morgan fingerprint density at radius 1 is 1.12 bits per heavy atom. The van der Waals surface area contributed by atoms with Crippen molar-refractivity contribution in [2.75, 3.05) is 14.2 Å². The number of carbonyl (C=O) groups excluding carboxylic acids is 1. The Labute approximate surface area is 144 Å². The molecule has 0 spiro atoms. The van der Waals surface area contributed by atoms with Crippen LogP contribution in [-0.4, -0.2) is 30.8 Å². The summed E-state index contributed by atoms with van der Waals surface area (Å²) in [6.07, 6.45) is 0. The van der Waals surface area contributed by atoms with E-state index in [0.29, 0.717) is 22.8 Å². The minimum atomic E-state index is -0.660. The molecule has 0 fully saturated rings. The van der Waals surface area contributed by atoms with Gasteiger partial charge in [-0.2, -0.15) is 5.10 Å². The Morgan fingerprint density at radius 3 is 2.44 bits per heavy atom. The number of para-hydroxylation sites is 1. The Hall–Kier alpha value is -3.42. The van der Waals surface area contributed by atoms with Crippen molar-refractivity contribution in [3.05, 3.63) is 63.7 Å². The van der Waals surface area contributed by atoms with Crippen molar-refractivity contribution in [3.63, 3.8) is 0 Å². The lowest BCUT2D eigenvalue weighted by atomic mass is 10.1. The van der Waals surface area contributed by atoms with Crippen molar-refractivity contribution < 1.29 is 19.2 Å². The number of hydrogen-bond acceptors (Lipinski definition) is 6. The third kappa shape index (κ3) is 4.11. The highest BCUT2D eigenvalue weighted by atomic mass is 16.6. The second kappa shape index (κ2) is 7.91. The molecule has 0 aliphatic rings. The van der Waals surface area contributed by atoms with Crippen LogP contribution in [0.4, 0.5) is 5.69 Å². The van der Waals surface area contributed by atoms with Gasteiger partial charge in [0.05, 0.1) is 24.9 Å². The van der Waals surface area contributed by atoms with Crippen molar-refractivity contribution in [2.45, 2.75) is 6.92 Å². The van der Waals surface area contributed by atoms with Crippen molar-refractivity contribution >= 4 is 17.3 Å². The van der Waals surface area contributed by atoms with Crippen LogP contribution in [0.15, 0.2) is 47.6 Å². The third-order valence-electron chi connectivity index (χ3n) is 3.47. The fourth-order valence-electron chi connectivity index (χ4n) is 2.15. The standard InChI is InChI=1S/C17H17N3O5/c1-11(12-8-9-15(24-2)16(10-12)25-3)18-19-17(21)13-6-4-5-7-14(13)20(22)23/h4-10H,1-3H3,(H,19,21)/b18-11-. The zero-order valence-corrected chi connectivity index (χ0v) is 14.0. The van der Waals surface area contributed by atoms with Gasteiger partial charge < -0.3 is 9.47 Å². The smallest absolute Gasteiger partial charge is 0.282 e. The number of rotatable bonds is 6. The van der Waals surface area contributed by atoms with Crippen molar-refractivity contribution in [1.29, 1.82) is 0 Å². The van der Waals surface area contributed by atoms with Gasteiger partial charge in [-0.05, 0) is 31.2 Å². The number of nitro groups is 1. The van der Waals surface area contributed by atoms with Gasteiger partial charge in [-0.15, -0.1) is 0 Å². The molecule has 2 aromatic carbocycles. The Kier molecular flexibility index (Phi) is 5.67. The summed E-state index contributed by atoms with van der Waals surface area (Å²) in [7, 11) is 3.05. The number of nitrogens with one attached hydrogen (secondary N) is 1. The molecule has 8 nitrogen and oxygen atoms in total. The summed E-state index contributed by atoms with van der Waals surface area (Å²) in [5.41, 5.74) is 3.21. The van der Waals surface area contributed by atoms with Gasteiger partial charge in [-0.1, -0.05) is 12.1 Å². The number of nitrogens with zero attached hydrogens (tertiary/aromatic N) is 2. The van der Waals surface area contributed by atoms with Crippen LogP contribution in [0.5, 0.6) is 11.5 Å². The molecule has 0 saturated carbocycles. The highest BCUT2D eigenvalue weighted by Gasteiger charge is 2.18. The third-order valence-corrected chi connectivity index (χ3v) is 3.47. The molecule has 2 aromatic rings. The van der Waals surface area contributed by atoms with E-state index >= 15 is 0 Å². The van der Waals surface area contributed by atoms with Crippen LogP contribution in [0.3, 0.4) is 0 Å². The number of methoxy groups -OCH3 is 2. The topological polar surface area (TPSA) is 103 Å². The molecule has 8 heteroatoms. The SMILES string of the molecule is COc1ccc(/C(C)=N\NC(=O)c2ccccc2[N+](=O)[O-])cc1OC. The van der Waals surface area contributed by atoms with E-state index in [1.807, 2.05) is 0 Å². The van der Waals surface area contributed by atoms with Crippen LogP contribution in [0.1, 0.15) is 22.8 Å². The molecule has 130 valence electrons. The summed E-state index contributed by atoms with van der Waals surface area (Å²) in [4.78, 5) is 22.5. The Morgan fingerprint density at radius 2 is 1.80 bits per heavy atom. The van der Waals surface area contributed by atoms with Gasteiger partial charge in [0.1, 0.15) is 5.56 Å². The van der Waals surface area contributed by atoms with E-state index in [2.05, 4.69) is 10.5 Å². The molecule has 0 radical (unpaired) electrons. The second-order valence-electron chi connectivity index (χ2n) is 4.98. The van der Waals surface area contributed by atoms with Crippen LogP contribution in [0.2, 0.25) is 0 Å². The molecule has 0 atom stereocenters. The highest BCUT2D eigenvalue weighted by Crippen LogP contribution is 2.27. The number of ether oxygens (including phenoxy) is 2. The van der Waals surface area contributed by atoms with E-state index in [1.165, 1.54) is 32.4 Å². The monoisotopic (exact) mass is 343 g/mol. The molecular weight excluding hydrogens is 326 g/mol. The van der Waals surface area contributed by atoms with Crippen LogP contribution in [-0.2, 0) is 0 Å². The number of nitro benzene ring substituents is 1. The predicted molar refractivity (Wildman–Crippen MR) is 92.3 cm³/mol. The number of hydrogen-bond donors (Lipinski definition) is 1. The lowest BCUT2D eigenvalue weighted by Crippen LogP contribution is -2.20. The number of hydrazone groups is 1.